The molecule has 0 aliphatic heterocycles. The van der Waals surface area contributed by atoms with Gasteiger partial charge in [0.25, 0.3) is 0 Å². The third-order valence-electron chi connectivity index (χ3n) is 2.12. The van der Waals surface area contributed by atoms with Crippen molar-refractivity contribution in [3.05, 3.63) is 29.8 Å². The highest BCUT2D eigenvalue weighted by Crippen LogP contribution is 2.09. The summed E-state index contributed by atoms with van der Waals surface area (Å²) in [6.45, 7) is 3.19. The maximum Gasteiger partial charge on any atom is 0.225 e. The molecule has 0 atom stereocenters. The van der Waals surface area contributed by atoms with Gasteiger partial charge in [-0.2, -0.15) is 0 Å². The first kappa shape index (κ1) is 12.7. The largest absolute Gasteiger partial charge is 0.395 e. The molecule has 0 aromatic heterocycles. The number of nitrogens with one attached hydrogen (secondary N) is 2. The first-order valence-electron chi connectivity index (χ1n) is 5.40. The van der Waals surface area contributed by atoms with E-state index in [9.17, 15) is 4.79 Å². The van der Waals surface area contributed by atoms with Gasteiger partial charge >= 0.3 is 0 Å². The topological polar surface area (TPSA) is 61.4 Å². The zero-order valence-corrected chi connectivity index (χ0v) is 9.49. The van der Waals surface area contributed by atoms with Crippen LogP contribution in [0.5, 0.6) is 0 Å². The lowest BCUT2D eigenvalue weighted by atomic mass is 10.2. The van der Waals surface area contributed by atoms with Crippen LogP contribution in [-0.2, 0) is 4.79 Å². The Morgan fingerprint density at radius 3 is 2.88 bits per heavy atom. The zero-order chi connectivity index (χ0) is 11.8. The number of benzene rings is 1. The number of amides is 1. The highest BCUT2D eigenvalue weighted by molar-refractivity contribution is 5.90. The fraction of sp³-hybridized carbons (Fsp3) is 0.417. The van der Waals surface area contributed by atoms with Crippen LogP contribution in [0.15, 0.2) is 24.3 Å². The number of carbonyl (C=O) groups is 1. The van der Waals surface area contributed by atoms with E-state index in [-0.39, 0.29) is 12.5 Å². The summed E-state index contributed by atoms with van der Waals surface area (Å²) in [5.74, 6) is -0.0176. The molecule has 0 heterocycles. The normalized spacial score (nSPS) is 10.1. The van der Waals surface area contributed by atoms with Gasteiger partial charge in [-0.15, -0.1) is 0 Å². The van der Waals surface area contributed by atoms with Gasteiger partial charge in [-0.05, 0) is 24.6 Å². The molecule has 3 N–H and O–H groups in total. The Morgan fingerprint density at radius 1 is 1.38 bits per heavy atom. The van der Waals surface area contributed by atoms with Crippen molar-refractivity contribution in [3.8, 4) is 0 Å². The Kier molecular flexibility index (Phi) is 5.53. The maximum atomic E-state index is 11.5. The molecule has 0 spiro atoms. The van der Waals surface area contributed by atoms with Gasteiger partial charge in [-0.1, -0.05) is 12.1 Å². The predicted octanol–water partition coefficient (Wildman–Crippen LogP) is 0.906. The summed E-state index contributed by atoms with van der Waals surface area (Å²) in [5.41, 5.74) is 1.95. The standard InChI is InChI=1S/C12H18N2O2/c1-10-3-2-4-11(9-10)14-12(16)5-6-13-7-8-15/h2-4,9,13,15H,5-8H2,1H3,(H,14,16). The van der Waals surface area contributed by atoms with Crippen molar-refractivity contribution >= 4 is 11.6 Å². The van der Waals surface area contributed by atoms with Gasteiger partial charge in [0.2, 0.25) is 5.91 Å². The maximum absolute atomic E-state index is 11.5. The van der Waals surface area contributed by atoms with Crippen LogP contribution in [0, 0.1) is 6.92 Å². The number of carbonyl (C=O) groups excluding carboxylic acids is 1. The molecule has 1 aromatic rings. The minimum atomic E-state index is -0.0176. The van der Waals surface area contributed by atoms with E-state index in [0.717, 1.165) is 11.3 Å². The fourth-order valence-corrected chi connectivity index (χ4v) is 1.35. The van der Waals surface area contributed by atoms with Gasteiger partial charge < -0.3 is 15.7 Å². The first-order valence-corrected chi connectivity index (χ1v) is 5.40. The molecule has 1 rings (SSSR count). The highest BCUT2D eigenvalue weighted by Gasteiger charge is 2.01. The molecule has 88 valence electrons. The molecule has 1 aromatic carbocycles. The summed E-state index contributed by atoms with van der Waals surface area (Å²) < 4.78 is 0. The monoisotopic (exact) mass is 222 g/mol. The molecule has 0 bridgehead atoms. The number of aliphatic hydroxyl groups excluding tert-OH is 1. The van der Waals surface area contributed by atoms with E-state index in [1.54, 1.807) is 0 Å². The van der Waals surface area contributed by atoms with Gasteiger partial charge in [-0.25, -0.2) is 0 Å². The SMILES string of the molecule is Cc1cccc(NC(=O)CCNCCO)c1. The number of hydrogen-bond acceptors (Lipinski definition) is 3. The molecule has 4 nitrogen and oxygen atoms in total. The Labute approximate surface area is 95.7 Å². The first-order chi connectivity index (χ1) is 7.72. The second kappa shape index (κ2) is 6.98. The molecule has 0 aliphatic rings. The van der Waals surface area contributed by atoms with Gasteiger partial charge in [0.15, 0.2) is 0 Å². The van der Waals surface area contributed by atoms with E-state index in [0.29, 0.717) is 19.5 Å². The number of aliphatic hydroxyl groups is 1. The number of hydrogen-bond donors (Lipinski definition) is 3. The van der Waals surface area contributed by atoms with E-state index in [4.69, 9.17) is 5.11 Å². The van der Waals surface area contributed by atoms with Crippen molar-refractivity contribution in [2.75, 3.05) is 25.0 Å². The molecular weight excluding hydrogens is 204 g/mol. The minimum Gasteiger partial charge on any atom is -0.395 e. The Bertz CT molecular complexity index is 340. The molecule has 0 radical (unpaired) electrons. The van der Waals surface area contributed by atoms with Crippen LogP contribution in [0.4, 0.5) is 5.69 Å². The predicted molar refractivity (Wildman–Crippen MR) is 64.4 cm³/mol. The summed E-state index contributed by atoms with van der Waals surface area (Å²) in [7, 11) is 0. The van der Waals surface area contributed by atoms with E-state index in [1.165, 1.54) is 0 Å². The lowest BCUT2D eigenvalue weighted by Crippen LogP contribution is -2.24. The quantitative estimate of drug-likeness (QED) is 0.627. The molecule has 1 amide bonds. The summed E-state index contributed by atoms with van der Waals surface area (Å²) >= 11 is 0. The van der Waals surface area contributed by atoms with Crippen molar-refractivity contribution in [1.82, 2.24) is 5.32 Å². The molecular formula is C12H18N2O2. The third-order valence-corrected chi connectivity index (χ3v) is 2.12. The van der Waals surface area contributed by atoms with Gasteiger partial charge in [0.1, 0.15) is 0 Å². The second-order valence-electron chi connectivity index (χ2n) is 3.64. The zero-order valence-electron chi connectivity index (χ0n) is 9.49. The van der Waals surface area contributed by atoms with Crippen LogP contribution in [0.3, 0.4) is 0 Å². The average Bonchev–Trinajstić information content (AvgIpc) is 2.24. The highest BCUT2D eigenvalue weighted by atomic mass is 16.3. The average molecular weight is 222 g/mol. The van der Waals surface area contributed by atoms with Crippen molar-refractivity contribution < 1.29 is 9.90 Å². The summed E-state index contributed by atoms with van der Waals surface area (Å²) in [5, 5.41) is 14.3. The Hall–Kier alpha value is -1.39. The van der Waals surface area contributed by atoms with Crippen LogP contribution in [0.1, 0.15) is 12.0 Å². The van der Waals surface area contributed by atoms with Crippen molar-refractivity contribution in [3.63, 3.8) is 0 Å². The van der Waals surface area contributed by atoms with E-state index in [2.05, 4.69) is 10.6 Å². The van der Waals surface area contributed by atoms with E-state index < -0.39 is 0 Å². The molecule has 0 saturated heterocycles. The molecule has 4 heteroatoms. The van der Waals surface area contributed by atoms with Crippen molar-refractivity contribution in [2.24, 2.45) is 0 Å². The third kappa shape index (κ3) is 4.91. The van der Waals surface area contributed by atoms with Crippen LogP contribution < -0.4 is 10.6 Å². The fourth-order valence-electron chi connectivity index (χ4n) is 1.35. The molecule has 0 saturated carbocycles. The lowest BCUT2D eigenvalue weighted by Gasteiger charge is -2.06. The van der Waals surface area contributed by atoms with E-state index in [1.807, 2.05) is 31.2 Å². The van der Waals surface area contributed by atoms with Crippen LogP contribution in [0.2, 0.25) is 0 Å². The number of anilines is 1. The Balaban J connectivity index is 2.29. The molecule has 0 aliphatic carbocycles. The number of rotatable bonds is 6. The smallest absolute Gasteiger partial charge is 0.225 e. The van der Waals surface area contributed by atoms with Crippen LogP contribution >= 0.6 is 0 Å². The Morgan fingerprint density at radius 2 is 2.19 bits per heavy atom. The second-order valence-corrected chi connectivity index (χ2v) is 3.64. The molecule has 16 heavy (non-hydrogen) atoms. The number of aryl methyl sites for hydroxylation is 1. The summed E-state index contributed by atoms with van der Waals surface area (Å²) in [4.78, 5) is 11.5. The van der Waals surface area contributed by atoms with Crippen molar-refractivity contribution in [2.45, 2.75) is 13.3 Å². The van der Waals surface area contributed by atoms with Gasteiger partial charge in [0.05, 0.1) is 6.61 Å². The van der Waals surface area contributed by atoms with Gasteiger partial charge in [-0.3, -0.25) is 4.79 Å². The molecule has 0 unspecified atom stereocenters. The lowest BCUT2D eigenvalue weighted by molar-refractivity contribution is -0.116. The van der Waals surface area contributed by atoms with Crippen molar-refractivity contribution in [1.29, 1.82) is 0 Å². The summed E-state index contributed by atoms with van der Waals surface area (Å²) in [6, 6.07) is 7.69. The summed E-state index contributed by atoms with van der Waals surface area (Å²) in [6.07, 6.45) is 0.411. The molecule has 0 fully saturated rings. The minimum absolute atomic E-state index is 0.0176. The van der Waals surface area contributed by atoms with E-state index >= 15 is 0 Å². The van der Waals surface area contributed by atoms with Crippen LogP contribution in [-0.4, -0.2) is 30.7 Å². The van der Waals surface area contributed by atoms with Gasteiger partial charge in [0, 0.05) is 25.2 Å². The van der Waals surface area contributed by atoms with Crippen LogP contribution in [0.25, 0.3) is 0 Å².